The Morgan fingerprint density at radius 2 is 1.92 bits per heavy atom. The fourth-order valence-electron chi connectivity index (χ4n) is 3.20. The van der Waals surface area contributed by atoms with E-state index in [1.807, 2.05) is 19.9 Å². The predicted molar refractivity (Wildman–Crippen MR) is 90.2 cm³/mol. The third-order valence-corrected chi connectivity index (χ3v) is 4.45. The molecule has 1 aromatic rings. The standard InChI is InChI=1S/C19H20F2N2O2/c1-10(2)8-15-12(9-22)17(16(19(24)25)11(3)23(15)4)18-13(20)6-5-7-14(18)21/h5-7,10,15H,8H2,1-4H3,(H,24,25). The monoisotopic (exact) mass is 346 g/mol. The molecule has 1 aliphatic rings. The van der Waals surface area contributed by atoms with Crippen LogP contribution in [0.5, 0.6) is 0 Å². The SMILES string of the molecule is CC1=C(C(=O)O)C(c2c(F)cccc2F)=C(C#N)C(CC(C)C)N1C. The highest BCUT2D eigenvalue weighted by Crippen LogP contribution is 2.40. The fraction of sp³-hybridized carbons (Fsp3) is 0.368. The van der Waals surface area contributed by atoms with Gasteiger partial charge < -0.3 is 10.0 Å². The van der Waals surface area contributed by atoms with E-state index >= 15 is 0 Å². The van der Waals surface area contributed by atoms with Gasteiger partial charge in [-0.05, 0) is 31.4 Å². The van der Waals surface area contributed by atoms with Crippen molar-refractivity contribution in [2.75, 3.05) is 7.05 Å². The topological polar surface area (TPSA) is 64.3 Å². The van der Waals surface area contributed by atoms with E-state index in [1.165, 1.54) is 6.07 Å². The van der Waals surface area contributed by atoms with Gasteiger partial charge in [0.25, 0.3) is 0 Å². The predicted octanol–water partition coefficient (Wildman–Crippen LogP) is 3.96. The number of benzene rings is 1. The van der Waals surface area contributed by atoms with Gasteiger partial charge in [0.15, 0.2) is 0 Å². The zero-order chi connectivity index (χ0) is 18.9. The maximum absolute atomic E-state index is 14.4. The van der Waals surface area contributed by atoms with E-state index in [2.05, 4.69) is 0 Å². The lowest BCUT2D eigenvalue weighted by molar-refractivity contribution is -0.132. The van der Waals surface area contributed by atoms with Crippen LogP contribution in [0, 0.1) is 28.9 Å². The molecule has 0 saturated heterocycles. The molecule has 1 unspecified atom stereocenters. The van der Waals surface area contributed by atoms with Gasteiger partial charge >= 0.3 is 5.97 Å². The summed E-state index contributed by atoms with van der Waals surface area (Å²) in [4.78, 5) is 13.5. The molecule has 0 amide bonds. The Hall–Kier alpha value is -2.68. The summed E-state index contributed by atoms with van der Waals surface area (Å²) in [5.41, 5.74) is -0.425. The number of rotatable bonds is 4. The number of nitrogens with zero attached hydrogens (tertiary/aromatic N) is 2. The molecule has 0 spiro atoms. The molecular weight excluding hydrogens is 326 g/mol. The molecule has 1 N–H and O–H groups in total. The first-order chi connectivity index (χ1) is 11.7. The number of hydrogen-bond donors (Lipinski definition) is 1. The number of hydrogen-bond acceptors (Lipinski definition) is 3. The van der Waals surface area contributed by atoms with Gasteiger partial charge in [0.1, 0.15) is 11.6 Å². The quantitative estimate of drug-likeness (QED) is 0.896. The number of allylic oxidation sites excluding steroid dienone is 1. The maximum atomic E-state index is 14.4. The van der Waals surface area contributed by atoms with Crippen molar-refractivity contribution in [2.24, 2.45) is 5.92 Å². The smallest absolute Gasteiger partial charge is 0.338 e. The lowest BCUT2D eigenvalue weighted by Gasteiger charge is -2.37. The maximum Gasteiger partial charge on any atom is 0.338 e. The molecule has 2 rings (SSSR count). The minimum atomic E-state index is -1.32. The molecule has 1 aromatic carbocycles. The Labute approximate surface area is 145 Å². The highest BCUT2D eigenvalue weighted by molar-refractivity contribution is 6.08. The number of likely N-dealkylation sites (N-methyl/N-ethyl adjacent to an activating group) is 1. The molecule has 1 heterocycles. The van der Waals surface area contributed by atoms with Crippen LogP contribution in [0.15, 0.2) is 35.0 Å². The van der Waals surface area contributed by atoms with E-state index in [0.29, 0.717) is 12.1 Å². The molecule has 0 bridgehead atoms. The number of halogens is 2. The first kappa shape index (κ1) is 18.7. The Kier molecular flexibility index (Phi) is 5.27. The molecule has 0 aromatic heterocycles. The minimum Gasteiger partial charge on any atom is -0.478 e. The molecule has 0 fully saturated rings. The normalized spacial score (nSPS) is 18.0. The summed E-state index contributed by atoms with van der Waals surface area (Å²) in [5.74, 6) is -2.89. The molecule has 6 heteroatoms. The van der Waals surface area contributed by atoms with Crippen molar-refractivity contribution in [3.05, 3.63) is 52.2 Å². The Morgan fingerprint density at radius 3 is 2.36 bits per heavy atom. The van der Waals surface area contributed by atoms with Crippen LogP contribution >= 0.6 is 0 Å². The second-order valence-electron chi connectivity index (χ2n) is 6.52. The van der Waals surface area contributed by atoms with Crippen LogP contribution in [-0.2, 0) is 4.79 Å². The lowest BCUT2D eigenvalue weighted by Crippen LogP contribution is -2.38. The molecule has 0 saturated carbocycles. The van der Waals surface area contributed by atoms with Crippen LogP contribution in [0.3, 0.4) is 0 Å². The van der Waals surface area contributed by atoms with E-state index in [0.717, 1.165) is 12.1 Å². The zero-order valence-electron chi connectivity index (χ0n) is 14.6. The molecule has 0 aliphatic carbocycles. The molecule has 25 heavy (non-hydrogen) atoms. The number of carboxylic acid groups (broad SMARTS) is 1. The van der Waals surface area contributed by atoms with E-state index < -0.39 is 29.2 Å². The van der Waals surface area contributed by atoms with Crippen LogP contribution in [-0.4, -0.2) is 29.1 Å². The highest BCUT2D eigenvalue weighted by Gasteiger charge is 2.37. The molecule has 1 atom stereocenters. The van der Waals surface area contributed by atoms with E-state index in [-0.39, 0.29) is 22.6 Å². The second kappa shape index (κ2) is 7.06. The van der Waals surface area contributed by atoms with Crippen LogP contribution in [0.25, 0.3) is 5.57 Å². The molecule has 1 aliphatic heterocycles. The van der Waals surface area contributed by atoms with E-state index in [4.69, 9.17) is 0 Å². The van der Waals surface area contributed by atoms with Crippen molar-refractivity contribution in [2.45, 2.75) is 33.2 Å². The number of nitriles is 1. The number of aliphatic carboxylic acids is 1. The lowest BCUT2D eigenvalue weighted by atomic mass is 9.82. The third kappa shape index (κ3) is 3.27. The van der Waals surface area contributed by atoms with Gasteiger partial charge in [0, 0.05) is 18.3 Å². The summed E-state index contributed by atoms with van der Waals surface area (Å²) >= 11 is 0. The van der Waals surface area contributed by atoms with E-state index in [1.54, 1.807) is 18.9 Å². The van der Waals surface area contributed by atoms with Gasteiger partial charge in [-0.2, -0.15) is 5.26 Å². The molecule has 0 radical (unpaired) electrons. The molecule has 132 valence electrons. The summed E-state index contributed by atoms with van der Waals surface area (Å²) in [7, 11) is 1.69. The zero-order valence-corrected chi connectivity index (χ0v) is 14.6. The van der Waals surface area contributed by atoms with E-state index in [9.17, 15) is 23.9 Å². The van der Waals surface area contributed by atoms with Crippen LogP contribution in [0.4, 0.5) is 8.78 Å². The van der Waals surface area contributed by atoms with Crippen molar-refractivity contribution < 1.29 is 18.7 Å². The highest BCUT2D eigenvalue weighted by atomic mass is 19.1. The third-order valence-electron chi connectivity index (χ3n) is 4.45. The van der Waals surface area contributed by atoms with Gasteiger partial charge in [0.05, 0.1) is 28.8 Å². The van der Waals surface area contributed by atoms with Crippen molar-refractivity contribution in [1.29, 1.82) is 5.26 Å². The Balaban J connectivity index is 2.88. The largest absolute Gasteiger partial charge is 0.478 e. The Morgan fingerprint density at radius 1 is 1.36 bits per heavy atom. The van der Waals surface area contributed by atoms with Gasteiger partial charge in [-0.25, -0.2) is 13.6 Å². The summed E-state index contributed by atoms with van der Waals surface area (Å²) < 4.78 is 28.8. The van der Waals surface area contributed by atoms with Crippen LogP contribution in [0.1, 0.15) is 32.8 Å². The van der Waals surface area contributed by atoms with Gasteiger partial charge in [-0.3, -0.25) is 0 Å². The van der Waals surface area contributed by atoms with Gasteiger partial charge in [-0.15, -0.1) is 0 Å². The summed E-state index contributed by atoms with van der Waals surface area (Å²) in [6.07, 6.45) is 0.559. The van der Waals surface area contributed by atoms with Crippen molar-refractivity contribution in [3.8, 4) is 6.07 Å². The van der Waals surface area contributed by atoms with Crippen molar-refractivity contribution >= 4 is 11.5 Å². The van der Waals surface area contributed by atoms with Crippen molar-refractivity contribution in [1.82, 2.24) is 4.90 Å². The first-order valence-electron chi connectivity index (χ1n) is 7.96. The molecule has 4 nitrogen and oxygen atoms in total. The molecular formula is C19H20F2N2O2. The summed E-state index contributed by atoms with van der Waals surface area (Å²) in [6.45, 7) is 5.53. The number of carboxylic acids is 1. The average molecular weight is 346 g/mol. The average Bonchev–Trinajstić information content (AvgIpc) is 2.51. The minimum absolute atomic E-state index is 0.0724. The van der Waals surface area contributed by atoms with Crippen LogP contribution in [0.2, 0.25) is 0 Å². The summed E-state index contributed by atoms with van der Waals surface area (Å²) in [5, 5.41) is 19.3. The first-order valence-corrected chi connectivity index (χ1v) is 7.96. The fourth-order valence-corrected chi connectivity index (χ4v) is 3.20. The van der Waals surface area contributed by atoms with Gasteiger partial charge in [-0.1, -0.05) is 19.9 Å². The van der Waals surface area contributed by atoms with Crippen LogP contribution < -0.4 is 0 Å². The van der Waals surface area contributed by atoms with Gasteiger partial charge in [0.2, 0.25) is 0 Å². The summed E-state index contributed by atoms with van der Waals surface area (Å²) in [6, 6.07) is 4.89. The Bertz CT molecular complexity index is 799. The van der Waals surface area contributed by atoms with Crippen molar-refractivity contribution in [3.63, 3.8) is 0 Å². The number of carbonyl (C=O) groups is 1. The second-order valence-corrected chi connectivity index (χ2v) is 6.52.